The maximum absolute atomic E-state index is 11.2. The molecule has 0 aliphatic rings. The number of carbonyl (C=O) groups is 1. The molecule has 0 saturated heterocycles. The summed E-state index contributed by atoms with van der Waals surface area (Å²) in [7, 11) is 0. The lowest BCUT2D eigenvalue weighted by molar-refractivity contribution is -0.145. The highest BCUT2D eigenvalue weighted by Gasteiger charge is 2.25. The normalized spacial score (nSPS) is 13.2. The van der Waals surface area contributed by atoms with E-state index < -0.39 is 12.0 Å². The standard InChI is InChI=1S/C12H21N3O3/c1-9(2)5-11(12(17)18)15(8-16)4-3-10-6-13-7-14-10/h6-7,9,11,16H,3-5,8H2,1-2H3,(H,13,14)(H,17,18). The number of aromatic amines is 1. The second-order valence-electron chi connectivity index (χ2n) is 4.76. The van der Waals surface area contributed by atoms with Crippen molar-refractivity contribution in [2.75, 3.05) is 13.3 Å². The van der Waals surface area contributed by atoms with E-state index in [2.05, 4.69) is 9.97 Å². The highest BCUT2D eigenvalue weighted by Crippen LogP contribution is 2.12. The first-order valence-electron chi connectivity index (χ1n) is 6.09. The van der Waals surface area contributed by atoms with Gasteiger partial charge < -0.3 is 15.2 Å². The molecule has 0 amide bonds. The molecule has 0 spiro atoms. The zero-order valence-electron chi connectivity index (χ0n) is 10.8. The Morgan fingerprint density at radius 2 is 2.28 bits per heavy atom. The molecule has 0 saturated carbocycles. The Bertz CT molecular complexity index is 351. The quantitative estimate of drug-likeness (QED) is 0.595. The maximum Gasteiger partial charge on any atom is 0.320 e. The van der Waals surface area contributed by atoms with Gasteiger partial charge >= 0.3 is 5.97 Å². The molecule has 102 valence electrons. The van der Waals surface area contributed by atoms with Gasteiger partial charge in [-0.25, -0.2) is 4.98 Å². The Labute approximate surface area is 107 Å². The van der Waals surface area contributed by atoms with Crippen molar-refractivity contribution in [2.24, 2.45) is 5.92 Å². The molecule has 0 fully saturated rings. The van der Waals surface area contributed by atoms with Gasteiger partial charge in [0.1, 0.15) is 6.04 Å². The summed E-state index contributed by atoms with van der Waals surface area (Å²) in [6.07, 6.45) is 4.45. The number of imidazole rings is 1. The van der Waals surface area contributed by atoms with Gasteiger partial charge in [0.15, 0.2) is 0 Å². The molecule has 1 heterocycles. The molecule has 1 unspecified atom stereocenters. The number of aliphatic hydroxyl groups is 1. The number of aliphatic hydroxyl groups excluding tert-OH is 1. The van der Waals surface area contributed by atoms with Crippen LogP contribution in [0.5, 0.6) is 0 Å². The number of aliphatic carboxylic acids is 1. The van der Waals surface area contributed by atoms with Crippen LogP contribution >= 0.6 is 0 Å². The fourth-order valence-electron chi connectivity index (χ4n) is 1.86. The van der Waals surface area contributed by atoms with Crippen molar-refractivity contribution in [3.8, 4) is 0 Å². The zero-order valence-corrected chi connectivity index (χ0v) is 10.8. The van der Waals surface area contributed by atoms with Gasteiger partial charge in [-0.15, -0.1) is 0 Å². The van der Waals surface area contributed by atoms with Crippen LogP contribution in [0.15, 0.2) is 12.5 Å². The first-order valence-corrected chi connectivity index (χ1v) is 6.09. The Kier molecular flexibility index (Phi) is 5.80. The van der Waals surface area contributed by atoms with E-state index in [-0.39, 0.29) is 12.6 Å². The van der Waals surface area contributed by atoms with Crippen molar-refractivity contribution in [2.45, 2.75) is 32.7 Å². The molecule has 0 aliphatic heterocycles. The number of H-pyrrole nitrogens is 1. The van der Waals surface area contributed by atoms with Gasteiger partial charge in [-0.1, -0.05) is 13.8 Å². The summed E-state index contributed by atoms with van der Waals surface area (Å²) in [5, 5.41) is 18.5. The highest BCUT2D eigenvalue weighted by molar-refractivity contribution is 5.73. The van der Waals surface area contributed by atoms with Gasteiger partial charge in [0.2, 0.25) is 0 Å². The van der Waals surface area contributed by atoms with Gasteiger partial charge in [0.05, 0.1) is 13.1 Å². The summed E-state index contributed by atoms with van der Waals surface area (Å²) in [6.45, 7) is 4.18. The first kappa shape index (κ1) is 14.7. The third-order valence-electron chi connectivity index (χ3n) is 2.83. The van der Waals surface area contributed by atoms with E-state index in [9.17, 15) is 15.0 Å². The number of nitrogens with one attached hydrogen (secondary N) is 1. The van der Waals surface area contributed by atoms with Gasteiger partial charge in [0.25, 0.3) is 0 Å². The highest BCUT2D eigenvalue weighted by atomic mass is 16.4. The third kappa shape index (κ3) is 4.46. The molecule has 1 aromatic rings. The maximum atomic E-state index is 11.2. The number of hydrogen-bond donors (Lipinski definition) is 3. The number of carboxylic acids is 1. The number of hydrogen-bond acceptors (Lipinski definition) is 4. The molecule has 1 rings (SSSR count). The smallest absolute Gasteiger partial charge is 0.320 e. The lowest BCUT2D eigenvalue weighted by atomic mass is 10.0. The van der Waals surface area contributed by atoms with Crippen LogP contribution in [-0.2, 0) is 11.2 Å². The minimum absolute atomic E-state index is 0.252. The van der Waals surface area contributed by atoms with Crippen LogP contribution in [0, 0.1) is 5.92 Å². The summed E-state index contributed by atoms with van der Waals surface area (Å²) in [5.74, 6) is -0.616. The summed E-state index contributed by atoms with van der Waals surface area (Å²) < 4.78 is 0. The minimum atomic E-state index is -0.887. The summed E-state index contributed by atoms with van der Waals surface area (Å²) >= 11 is 0. The van der Waals surface area contributed by atoms with Gasteiger partial charge in [-0.3, -0.25) is 9.69 Å². The van der Waals surface area contributed by atoms with E-state index in [4.69, 9.17) is 0 Å². The van der Waals surface area contributed by atoms with E-state index in [1.807, 2.05) is 13.8 Å². The summed E-state index contributed by atoms with van der Waals surface area (Å²) in [5.41, 5.74) is 0.933. The fourth-order valence-corrected chi connectivity index (χ4v) is 1.86. The average Bonchev–Trinajstić information content (AvgIpc) is 2.80. The molecule has 18 heavy (non-hydrogen) atoms. The predicted octanol–water partition coefficient (Wildman–Crippen LogP) is 0.703. The zero-order chi connectivity index (χ0) is 13.5. The van der Waals surface area contributed by atoms with Crippen LogP contribution in [0.3, 0.4) is 0 Å². The number of nitrogens with zero attached hydrogens (tertiary/aromatic N) is 2. The molecule has 0 bridgehead atoms. The largest absolute Gasteiger partial charge is 0.480 e. The van der Waals surface area contributed by atoms with Gasteiger partial charge in [-0.05, 0) is 12.3 Å². The van der Waals surface area contributed by atoms with Crippen molar-refractivity contribution in [1.82, 2.24) is 14.9 Å². The van der Waals surface area contributed by atoms with Crippen LogP contribution in [0.1, 0.15) is 26.0 Å². The van der Waals surface area contributed by atoms with Crippen molar-refractivity contribution in [3.63, 3.8) is 0 Å². The summed E-state index contributed by atoms with van der Waals surface area (Å²) in [4.78, 5) is 19.7. The van der Waals surface area contributed by atoms with Crippen LogP contribution in [0.4, 0.5) is 0 Å². The van der Waals surface area contributed by atoms with Gasteiger partial charge in [0, 0.05) is 24.9 Å². The lowest BCUT2D eigenvalue weighted by Gasteiger charge is -2.27. The van der Waals surface area contributed by atoms with E-state index in [1.54, 1.807) is 17.4 Å². The van der Waals surface area contributed by atoms with Gasteiger partial charge in [-0.2, -0.15) is 0 Å². The molecule has 0 aliphatic carbocycles. The van der Waals surface area contributed by atoms with Crippen molar-refractivity contribution in [3.05, 3.63) is 18.2 Å². The molecule has 6 heteroatoms. The van der Waals surface area contributed by atoms with Crippen LogP contribution in [-0.4, -0.2) is 50.4 Å². The Morgan fingerprint density at radius 3 is 2.72 bits per heavy atom. The Hall–Kier alpha value is -1.40. The minimum Gasteiger partial charge on any atom is -0.480 e. The Morgan fingerprint density at radius 1 is 1.56 bits per heavy atom. The third-order valence-corrected chi connectivity index (χ3v) is 2.83. The van der Waals surface area contributed by atoms with E-state index >= 15 is 0 Å². The molecular formula is C12H21N3O3. The predicted molar refractivity (Wildman–Crippen MR) is 67.0 cm³/mol. The first-order chi connectivity index (χ1) is 8.54. The van der Waals surface area contributed by atoms with Crippen molar-refractivity contribution >= 4 is 5.97 Å². The SMILES string of the molecule is CC(C)CC(C(=O)O)N(CO)CCc1cnc[nH]1. The van der Waals surface area contributed by atoms with Crippen LogP contribution in [0.2, 0.25) is 0 Å². The topological polar surface area (TPSA) is 89.4 Å². The molecule has 3 N–H and O–H groups in total. The van der Waals surface area contributed by atoms with E-state index in [0.29, 0.717) is 19.4 Å². The monoisotopic (exact) mass is 255 g/mol. The molecule has 0 radical (unpaired) electrons. The second-order valence-corrected chi connectivity index (χ2v) is 4.76. The van der Waals surface area contributed by atoms with Crippen LogP contribution in [0.25, 0.3) is 0 Å². The molecule has 6 nitrogen and oxygen atoms in total. The molecule has 0 aromatic carbocycles. The molecule has 1 aromatic heterocycles. The number of aromatic nitrogens is 2. The Balaban J connectivity index is 2.58. The summed E-state index contributed by atoms with van der Waals surface area (Å²) in [6, 6.07) is -0.641. The van der Waals surface area contributed by atoms with E-state index in [1.165, 1.54) is 0 Å². The second kappa shape index (κ2) is 7.13. The number of carboxylic acid groups (broad SMARTS) is 1. The fraction of sp³-hybridized carbons (Fsp3) is 0.667. The molecular weight excluding hydrogens is 234 g/mol. The number of rotatable bonds is 8. The average molecular weight is 255 g/mol. The van der Waals surface area contributed by atoms with E-state index in [0.717, 1.165) is 5.69 Å². The van der Waals surface area contributed by atoms with Crippen LogP contribution < -0.4 is 0 Å². The van der Waals surface area contributed by atoms with Crippen molar-refractivity contribution < 1.29 is 15.0 Å². The molecule has 1 atom stereocenters. The van der Waals surface area contributed by atoms with Crippen molar-refractivity contribution in [1.29, 1.82) is 0 Å². The lowest BCUT2D eigenvalue weighted by Crippen LogP contribution is -2.43.